The monoisotopic (exact) mass is 299 g/mol. The molecule has 1 rings (SSSR count). The number of carboxylic acid groups (broad SMARTS) is 1. The Morgan fingerprint density at radius 2 is 2.05 bits per heavy atom. The summed E-state index contributed by atoms with van der Waals surface area (Å²) in [6, 6.07) is -0.119. The summed E-state index contributed by atoms with van der Waals surface area (Å²) in [7, 11) is 0. The first-order chi connectivity index (χ1) is 9.99. The van der Waals surface area contributed by atoms with Crippen LogP contribution in [0.2, 0.25) is 0 Å². The molecule has 0 bridgehead atoms. The molecule has 1 aliphatic heterocycles. The number of carbonyl (C=O) groups excluding carboxylic acids is 1. The predicted molar refractivity (Wildman–Crippen MR) is 79.3 cm³/mol. The highest BCUT2D eigenvalue weighted by atomic mass is 16.5. The molecule has 0 unspecified atom stereocenters. The van der Waals surface area contributed by atoms with E-state index in [4.69, 9.17) is 9.84 Å². The van der Waals surface area contributed by atoms with E-state index in [2.05, 4.69) is 11.9 Å². The van der Waals surface area contributed by atoms with E-state index in [0.717, 1.165) is 12.0 Å². The van der Waals surface area contributed by atoms with Gasteiger partial charge in [-0.05, 0) is 13.3 Å². The highest BCUT2D eigenvalue weighted by Gasteiger charge is 2.19. The third-order valence-electron chi connectivity index (χ3n) is 3.11. The van der Waals surface area contributed by atoms with Gasteiger partial charge in [-0.15, -0.1) is 0 Å². The molecule has 2 amide bonds. The molecule has 120 valence electrons. The van der Waals surface area contributed by atoms with E-state index in [0.29, 0.717) is 45.9 Å². The maximum Gasteiger partial charge on any atom is 0.317 e. The number of urea groups is 1. The first-order valence-corrected chi connectivity index (χ1v) is 7.18. The highest BCUT2D eigenvalue weighted by Crippen LogP contribution is 2.03. The number of nitrogens with one attached hydrogen (secondary N) is 1. The zero-order chi connectivity index (χ0) is 15.7. The lowest BCUT2D eigenvalue weighted by atomic mass is 10.4. The minimum atomic E-state index is -0.831. The molecule has 0 aromatic rings. The van der Waals surface area contributed by atoms with Crippen molar-refractivity contribution < 1.29 is 19.4 Å². The lowest BCUT2D eigenvalue weighted by Crippen LogP contribution is -2.43. The van der Waals surface area contributed by atoms with Crippen LogP contribution >= 0.6 is 0 Å². The van der Waals surface area contributed by atoms with Crippen molar-refractivity contribution in [2.24, 2.45) is 0 Å². The van der Waals surface area contributed by atoms with Gasteiger partial charge in [-0.1, -0.05) is 12.2 Å². The Hall–Kier alpha value is -1.60. The highest BCUT2D eigenvalue weighted by molar-refractivity contribution is 5.74. The summed E-state index contributed by atoms with van der Waals surface area (Å²) in [4.78, 5) is 26.3. The van der Waals surface area contributed by atoms with E-state index in [1.807, 2.05) is 11.8 Å². The maximum absolute atomic E-state index is 12.0. The first-order valence-electron chi connectivity index (χ1n) is 7.18. The summed E-state index contributed by atoms with van der Waals surface area (Å²) in [5.41, 5.74) is 0.951. The van der Waals surface area contributed by atoms with Crippen molar-refractivity contribution >= 4 is 12.0 Å². The van der Waals surface area contributed by atoms with Crippen LogP contribution in [0, 0.1) is 0 Å². The molecule has 1 saturated heterocycles. The third-order valence-corrected chi connectivity index (χ3v) is 3.11. The first kappa shape index (κ1) is 17.5. The van der Waals surface area contributed by atoms with Gasteiger partial charge in [0.15, 0.2) is 0 Å². The molecule has 0 saturated carbocycles. The van der Waals surface area contributed by atoms with E-state index < -0.39 is 5.97 Å². The minimum Gasteiger partial charge on any atom is -0.480 e. The lowest BCUT2D eigenvalue weighted by molar-refractivity contribution is -0.138. The second-order valence-electron chi connectivity index (χ2n) is 5.25. The Bertz CT molecular complexity index is 373. The number of aliphatic carboxylic acids is 1. The Kier molecular flexibility index (Phi) is 7.78. The Morgan fingerprint density at radius 1 is 1.29 bits per heavy atom. The zero-order valence-electron chi connectivity index (χ0n) is 12.6. The molecule has 0 aliphatic carbocycles. The van der Waals surface area contributed by atoms with Crippen LogP contribution in [0.25, 0.3) is 0 Å². The molecule has 0 spiro atoms. The van der Waals surface area contributed by atoms with Crippen LogP contribution in [0.1, 0.15) is 13.3 Å². The Balaban J connectivity index is 2.22. The Labute approximate surface area is 125 Å². The van der Waals surface area contributed by atoms with Gasteiger partial charge in [-0.2, -0.15) is 0 Å². The molecule has 21 heavy (non-hydrogen) atoms. The average molecular weight is 299 g/mol. The van der Waals surface area contributed by atoms with Gasteiger partial charge in [0.25, 0.3) is 0 Å². The van der Waals surface area contributed by atoms with Crippen LogP contribution in [0.5, 0.6) is 0 Å². The standard InChI is InChI=1S/C14H25N3O4/c1-12(2)11-21-9-4-15-14(20)17-6-3-5-16(7-8-17)10-13(18)19/h1,3-11H2,2H3,(H,15,20)(H,18,19). The zero-order valence-corrected chi connectivity index (χ0v) is 12.6. The summed E-state index contributed by atoms with van der Waals surface area (Å²) in [5.74, 6) is -0.831. The number of carbonyl (C=O) groups is 2. The molecule has 7 nitrogen and oxygen atoms in total. The van der Waals surface area contributed by atoms with Gasteiger partial charge >= 0.3 is 12.0 Å². The lowest BCUT2D eigenvalue weighted by Gasteiger charge is -2.21. The second-order valence-corrected chi connectivity index (χ2v) is 5.25. The molecule has 0 radical (unpaired) electrons. The number of hydrogen-bond donors (Lipinski definition) is 2. The smallest absolute Gasteiger partial charge is 0.317 e. The van der Waals surface area contributed by atoms with Gasteiger partial charge in [-0.25, -0.2) is 4.79 Å². The van der Waals surface area contributed by atoms with Gasteiger partial charge in [0.05, 0.1) is 19.8 Å². The van der Waals surface area contributed by atoms with Gasteiger partial charge < -0.3 is 20.1 Å². The minimum absolute atomic E-state index is 0.0319. The summed E-state index contributed by atoms with van der Waals surface area (Å²) in [6.45, 7) is 9.56. The van der Waals surface area contributed by atoms with Gasteiger partial charge in [-0.3, -0.25) is 9.69 Å². The predicted octanol–water partition coefficient (Wildman–Crippen LogP) is 0.381. The van der Waals surface area contributed by atoms with Crippen LogP contribution in [0.4, 0.5) is 4.79 Å². The molecule has 1 fully saturated rings. The average Bonchev–Trinajstić information content (AvgIpc) is 2.62. The second kappa shape index (κ2) is 9.36. The van der Waals surface area contributed by atoms with Crippen LogP contribution in [-0.2, 0) is 9.53 Å². The van der Waals surface area contributed by atoms with Gasteiger partial charge in [0.2, 0.25) is 0 Å². The largest absolute Gasteiger partial charge is 0.480 e. The van der Waals surface area contributed by atoms with E-state index in [-0.39, 0.29) is 12.6 Å². The molecule has 0 aromatic carbocycles. The van der Waals surface area contributed by atoms with Crippen molar-refractivity contribution in [1.29, 1.82) is 0 Å². The van der Waals surface area contributed by atoms with Crippen LogP contribution in [0.3, 0.4) is 0 Å². The number of hydrogen-bond acceptors (Lipinski definition) is 4. The molecule has 7 heteroatoms. The molecule has 1 heterocycles. The fourth-order valence-corrected chi connectivity index (χ4v) is 2.11. The van der Waals surface area contributed by atoms with Crippen molar-refractivity contribution in [3.8, 4) is 0 Å². The fourth-order valence-electron chi connectivity index (χ4n) is 2.11. The van der Waals surface area contributed by atoms with Crippen molar-refractivity contribution in [2.75, 3.05) is 52.5 Å². The van der Waals surface area contributed by atoms with Crippen LogP contribution in [0.15, 0.2) is 12.2 Å². The summed E-state index contributed by atoms with van der Waals surface area (Å²) in [5, 5.41) is 11.6. The van der Waals surface area contributed by atoms with Gasteiger partial charge in [0, 0.05) is 32.7 Å². The van der Waals surface area contributed by atoms with Crippen molar-refractivity contribution in [3.63, 3.8) is 0 Å². The number of carboxylic acids is 1. The normalized spacial score (nSPS) is 16.3. The summed E-state index contributed by atoms with van der Waals surface area (Å²) in [6.07, 6.45) is 0.785. The number of amides is 2. The molecule has 2 N–H and O–H groups in total. The van der Waals surface area contributed by atoms with Crippen molar-refractivity contribution in [1.82, 2.24) is 15.1 Å². The number of rotatable bonds is 7. The van der Waals surface area contributed by atoms with E-state index in [1.54, 1.807) is 4.90 Å². The van der Waals surface area contributed by atoms with Crippen LogP contribution in [-0.4, -0.2) is 79.4 Å². The summed E-state index contributed by atoms with van der Waals surface area (Å²) >= 11 is 0. The summed E-state index contributed by atoms with van der Waals surface area (Å²) < 4.78 is 5.31. The maximum atomic E-state index is 12.0. The van der Waals surface area contributed by atoms with E-state index in [9.17, 15) is 9.59 Å². The topological polar surface area (TPSA) is 82.1 Å². The Morgan fingerprint density at radius 3 is 2.71 bits per heavy atom. The molecule has 0 aromatic heterocycles. The van der Waals surface area contributed by atoms with E-state index >= 15 is 0 Å². The van der Waals surface area contributed by atoms with Crippen molar-refractivity contribution in [3.05, 3.63) is 12.2 Å². The quantitative estimate of drug-likeness (QED) is 0.525. The molecule has 1 aliphatic rings. The van der Waals surface area contributed by atoms with Crippen molar-refractivity contribution in [2.45, 2.75) is 13.3 Å². The fraction of sp³-hybridized carbons (Fsp3) is 0.714. The van der Waals surface area contributed by atoms with E-state index in [1.165, 1.54) is 0 Å². The SMILES string of the molecule is C=C(C)COCCNC(=O)N1CCCN(CC(=O)O)CC1. The third kappa shape index (κ3) is 7.67. The molecule has 0 atom stereocenters. The molecular formula is C14H25N3O4. The molecular weight excluding hydrogens is 274 g/mol. The van der Waals surface area contributed by atoms with Gasteiger partial charge in [0.1, 0.15) is 0 Å². The van der Waals surface area contributed by atoms with Crippen LogP contribution < -0.4 is 5.32 Å². The number of nitrogens with zero attached hydrogens (tertiary/aromatic N) is 2. The number of ether oxygens (including phenoxy) is 1.